The number of furan rings is 1. The van der Waals surface area contributed by atoms with E-state index in [4.69, 9.17) is 9.15 Å². The predicted octanol–water partition coefficient (Wildman–Crippen LogP) is 5.48. The number of hydrogen-bond acceptors (Lipinski definition) is 4. The van der Waals surface area contributed by atoms with E-state index < -0.39 is 17.6 Å². The molecule has 0 spiro atoms. The zero-order valence-corrected chi connectivity index (χ0v) is 16.6. The highest BCUT2D eigenvalue weighted by Crippen LogP contribution is 2.32. The van der Waals surface area contributed by atoms with E-state index in [1.54, 1.807) is 48.5 Å². The summed E-state index contributed by atoms with van der Waals surface area (Å²) in [5, 5.41) is 6.06. The first kappa shape index (κ1) is 20.2. The van der Waals surface area contributed by atoms with Gasteiger partial charge in [0.1, 0.15) is 22.8 Å². The standard InChI is InChI=1S/C24H19FN2O4/c1-2-30-18-13-11-17(12-14-18)26-24(29)22-21(19-5-3-4-6-20(19)31-22)27-23(28)15-7-9-16(25)10-8-15/h3-14H,2H2,1H3,(H,26,29)(H,27,28). The lowest BCUT2D eigenvalue weighted by Gasteiger charge is -2.08. The van der Waals surface area contributed by atoms with Crippen molar-refractivity contribution in [2.24, 2.45) is 0 Å². The fourth-order valence-electron chi connectivity index (χ4n) is 3.11. The van der Waals surface area contributed by atoms with Gasteiger partial charge in [-0.3, -0.25) is 9.59 Å². The third kappa shape index (κ3) is 4.40. The van der Waals surface area contributed by atoms with Crippen LogP contribution in [0, 0.1) is 5.82 Å². The van der Waals surface area contributed by atoms with Crippen molar-refractivity contribution in [3.8, 4) is 5.75 Å². The number of para-hydroxylation sites is 1. The van der Waals surface area contributed by atoms with Crippen molar-refractivity contribution >= 4 is 34.2 Å². The third-order valence-electron chi connectivity index (χ3n) is 4.57. The van der Waals surface area contributed by atoms with Crippen molar-refractivity contribution in [2.45, 2.75) is 6.92 Å². The summed E-state index contributed by atoms with van der Waals surface area (Å²) in [5.74, 6) is -0.792. The monoisotopic (exact) mass is 418 g/mol. The second kappa shape index (κ2) is 8.71. The maximum atomic E-state index is 13.2. The molecule has 156 valence electrons. The highest BCUT2D eigenvalue weighted by atomic mass is 19.1. The summed E-state index contributed by atoms with van der Waals surface area (Å²) in [7, 11) is 0. The average molecular weight is 418 g/mol. The Hall–Kier alpha value is -4.13. The summed E-state index contributed by atoms with van der Waals surface area (Å²) in [6.07, 6.45) is 0. The molecule has 0 saturated heterocycles. The highest BCUT2D eigenvalue weighted by molar-refractivity contribution is 6.16. The van der Waals surface area contributed by atoms with Crippen molar-refractivity contribution in [3.05, 3.63) is 89.9 Å². The zero-order chi connectivity index (χ0) is 21.8. The summed E-state index contributed by atoms with van der Waals surface area (Å²) in [5.41, 5.74) is 1.50. The molecule has 1 aromatic heterocycles. The Labute approximate surface area is 177 Å². The number of rotatable bonds is 6. The Kier molecular flexibility index (Phi) is 5.66. The molecule has 4 rings (SSSR count). The Morgan fingerprint density at radius 3 is 2.32 bits per heavy atom. The van der Waals surface area contributed by atoms with Gasteiger partial charge in [-0.25, -0.2) is 4.39 Å². The van der Waals surface area contributed by atoms with Gasteiger partial charge in [-0.15, -0.1) is 0 Å². The fraction of sp³-hybridized carbons (Fsp3) is 0.0833. The van der Waals surface area contributed by atoms with E-state index in [1.165, 1.54) is 24.3 Å². The van der Waals surface area contributed by atoms with Crippen molar-refractivity contribution in [2.75, 3.05) is 17.2 Å². The van der Waals surface area contributed by atoms with Crippen LogP contribution < -0.4 is 15.4 Å². The van der Waals surface area contributed by atoms with Crippen molar-refractivity contribution < 1.29 is 23.1 Å². The van der Waals surface area contributed by atoms with E-state index in [-0.39, 0.29) is 17.0 Å². The van der Waals surface area contributed by atoms with Crippen molar-refractivity contribution in [1.82, 2.24) is 0 Å². The van der Waals surface area contributed by atoms with Crippen LogP contribution in [0.1, 0.15) is 27.8 Å². The van der Waals surface area contributed by atoms with E-state index >= 15 is 0 Å². The molecule has 0 saturated carbocycles. The average Bonchev–Trinajstić information content (AvgIpc) is 3.14. The number of nitrogens with one attached hydrogen (secondary N) is 2. The highest BCUT2D eigenvalue weighted by Gasteiger charge is 2.23. The van der Waals surface area contributed by atoms with Crippen LogP contribution in [0.25, 0.3) is 11.0 Å². The SMILES string of the molecule is CCOc1ccc(NC(=O)c2oc3ccccc3c2NC(=O)c2ccc(F)cc2)cc1. The first-order valence-electron chi connectivity index (χ1n) is 9.68. The number of carbonyl (C=O) groups is 2. The molecule has 0 aliphatic rings. The normalized spacial score (nSPS) is 10.6. The summed E-state index contributed by atoms with van der Waals surface area (Å²) in [6, 6.07) is 19.0. The first-order valence-corrected chi connectivity index (χ1v) is 9.68. The number of ether oxygens (including phenoxy) is 1. The van der Waals surface area contributed by atoms with Gasteiger partial charge in [-0.2, -0.15) is 0 Å². The molecule has 0 atom stereocenters. The lowest BCUT2D eigenvalue weighted by Crippen LogP contribution is -2.17. The molecule has 2 amide bonds. The Morgan fingerprint density at radius 1 is 0.903 bits per heavy atom. The minimum Gasteiger partial charge on any atom is -0.494 e. The van der Waals surface area contributed by atoms with Gasteiger partial charge in [0.05, 0.1) is 6.61 Å². The lowest BCUT2D eigenvalue weighted by molar-refractivity contribution is 0.0999. The summed E-state index contributed by atoms with van der Waals surface area (Å²) in [4.78, 5) is 25.6. The molecule has 3 aromatic carbocycles. The molecule has 0 fully saturated rings. The quantitative estimate of drug-likeness (QED) is 0.435. The number of hydrogen-bond donors (Lipinski definition) is 2. The van der Waals surface area contributed by atoms with Crippen LogP contribution in [0.5, 0.6) is 5.75 Å². The van der Waals surface area contributed by atoms with Crippen LogP contribution in [0.3, 0.4) is 0 Å². The fourth-order valence-corrected chi connectivity index (χ4v) is 3.11. The van der Waals surface area contributed by atoms with E-state index in [9.17, 15) is 14.0 Å². The van der Waals surface area contributed by atoms with Gasteiger partial charge in [0.15, 0.2) is 0 Å². The molecule has 0 bridgehead atoms. The van der Waals surface area contributed by atoms with Crippen molar-refractivity contribution in [3.63, 3.8) is 0 Å². The number of benzene rings is 3. The van der Waals surface area contributed by atoms with Gasteiger partial charge < -0.3 is 19.8 Å². The number of halogens is 1. The minimum atomic E-state index is -0.519. The molecule has 7 heteroatoms. The molecular weight excluding hydrogens is 399 g/mol. The van der Waals surface area contributed by atoms with Crippen LogP contribution in [0.4, 0.5) is 15.8 Å². The van der Waals surface area contributed by atoms with Crippen molar-refractivity contribution in [1.29, 1.82) is 0 Å². The lowest BCUT2D eigenvalue weighted by atomic mass is 10.1. The van der Waals surface area contributed by atoms with Gasteiger partial charge >= 0.3 is 0 Å². The number of fused-ring (bicyclic) bond motifs is 1. The van der Waals surface area contributed by atoms with Gasteiger partial charge in [0.25, 0.3) is 11.8 Å². The molecule has 31 heavy (non-hydrogen) atoms. The van der Waals surface area contributed by atoms with E-state index in [2.05, 4.69) is 10.6 Å². The largest absolute Gasteiger partial charge is 0.494 e. The van der Waals surface area contributed by atoms with Gasteiger partial charge in [0, 0.05) is 16.6 Å². The van der Waals surface area contributed by atoms with Crippen LogP contribution in [-0.2, 0) is 0 Å². The molecule has 0 radical (unpaired) electrons. The summed E-state index contributed by atoms with van der Waals surface area (Å²) in [6.45, 7) is 2.43. The molecule has 0 aliphatic carbocycles. The Balaban J connectivity index is 1.63. The molecule has 0 unspecified atom stereocenters. The third-order valence-corrected chi connectivity index (χ3v) is 4.57. The van der Waals surface area contributed by atoms with Crippen LogP contribution in [0.15, 0.2) is 77.2 Å². The summed E-state index contributed by atoms with van der Waals surface area (Å²) < 4.78 is 24.3. The van der Waals surface area contributed by atoms with Crippen LogP contribution in [-0.4, -0.2) is 18.4 Å². The van der Waals surface area contributed by atoms with E-state index in [0.717, 1.165) is 0 Å². The molecule has 0 aliphatic heterocycles. The second-order valence-electron chi connectivity index (χ2n) is 6.67. The number of carbonyl (C=O) groups excluding carboxylic acids is 2. The molecule has 1 heterocycles. The first-order chi connectivity index (χ1) is 15.0. The van der Waals surface area contributed by atoms with Gasteiger partial charge in [-0.1, -0.05) is 12.1 Å². The maximum absolute atomic E-state index is 13.2. The predicted molar refractivity (Wildman–Crippen MR) is 116 cm³/mol. The maximum Gasteiger partial charge on any atom is 0.293 e. The Bertz CT molecular complexity index is 1230. The second-order valence-corrected chi connectivity index (χ2v) is 6.67. The topological polar surface area (TPSA) is 80.6 Å². The van der Waals surface area contributed by atoms with Crippen LogP contribution in [0.2, 0.25) is 0 Å². The Morgan fingerprint density at radius 2 is 1.61 bits per heavy atom. The molecule has 6 nitrogen and oxygen atoms in total. The molecule has 4 aromatic rings. The molecular formula is C24H19FN2O4. The molecule has 2 N–H and O–H groups in total. The van der Waals surface area contributed by atoms with Gasteiger partial charge in [-0.05, 0) is 67.6 Å². The van der Waals surface area contributed by atoms with Gasteiger partial charge in [0.2, 0.25) is 5.76 Å². The smallest absolute Gasteiger partial charge is 0.293 e. The zero-order valence-electron chi connectivity index (χ0n) is 16.6. The number of anilines is 2. The minimum absolute atomic E-state index is 0.0365. The van der Waals surface area contributed by atoms with Crippen LogP contribution >= 0.6 is 0 Å². The van der Waals surface area contributed by atoms with E-state index in [0.29, 0.717) is 29.0 Å². The number of amides is 2. The summed E-state index contributed by atoms with van der Waals surface area (Å²) >= 11 is 0. The van der Waals surface area contributed by atoms with E-state index in [1.807, 2.05) is 6.92 Å².